The van der Waals surface area contributed by atoms with Crippen LogP contribution in [-0.2, 0) is 25.6 Å². The number of nitrogens with zero attached hydrogens (tertiary/aromatic N) is 1. The van der Waals surface area contributed by atoms with Crippen molar-refractivity contribution in [3.8, 4) is 0 Å². The number of aliphatic carboxylic acids is 1. The predicted octanol–water partition coefficient (Wildman–Crippen LogP) is -0.462. The molecule has 3 rings (SSSR count). The van der Waals surface area contributed by atoms with Crippen molar-refractivity contribution in [2.45, 2.75) is 23.9 Å². The zero-order valence-electron chi connectivity index (χ0n) is 13.7. The standard InChI is InChI=1S/C17H14N2O7S/c20-6-10-7-27-15-12(14(22)19(15)13(10)17(25)26)18-11(21)5-8-2-1-3-9(4-8)16(23)24/h1-4,12-13,15H,5,7H2,(H,18,21)(H,23,24)(H,25,26)/t12?,13?,15-/m1/s1. The lowest BCUT2D eigenvalue weighted by molar-refractivity contribution is -0.160. The first-order chi connectivity index (χ1) is 12.8. The lowest BCUT2D eigenvalue weighted by Gasteiger charge is -2.51. The van der Waals surface area contributed by atoms with Crippen LogP contribution >= 0.6 is 11.8 Å². The first-order valence-electron chi connectivity index (χ1n) is 7.85. The third kappa shape index (κ3) is 3.44. The highest BCUT2D eigenvalue weighted by Gasteiger charge is 2.56. The van der Waals surface area contributed by atoms with Gasteiger partial charge in [0.1, 0.15) is 17.4 Å². The number of aromatic carboxylic acids is 1. The second-order valence-corrected chi connectivity index (χ2v) is 7.15. The minimum atomic E-state index is -1.36. The van der Waals surface area contributed by atoms with Crippen LogP contribution in [0.25, 0.3) is 0 Å². The summed E-state index contributed by atoms with van der Waals surface area (Å²) in [6, 6.07) is 3.64. The van der Waals surface area contributed by atoms with E-state index < -0.39 is 41.2 Å². The van der Waals surface area contributed by atoms with Crippen molar-refractivity contribution in [2.24, 2.45) is 0 Å². The normalized spacial score (nSPS) is 23.7. The maximum absolute atomic E-state index is 12.3. The van der Waals surface area contributed by atoms with Crippen LogP contribution in [0.4, 0.5) is 0 Å². The summed E-state index contributed by atoms with van der Waals surface area (Å²) in [6.45, 7) is 0. The first-order valence-corrected chi connectivity index (χ1v) is 8.90. The number of carboxylic acids is 2. The molecule has 9 nitrogen and oxygen atoms in total. The molecule has 2 amide bonds. The van der Waals surface area contributed by atoms with Gasteiger partial charge in [-0.05, 0) is 17.7 Å². The number of β-lactam (4-membered cyclic amide) rings is 1. The summed E-state index contributed by atoms with van der Waals surface area (Å²) in [5.41, 5.74) is 0.501. The fourth-order valence-electron chi connectivity index (χ4n) is 3.07. The van der Waals surface area contributed by atoms with Gasteiger partial charge < -0.3 is 20.4 Å². The van der Waals surface area contributed by atoms with Crippen LogP contribution in [0.5, 0.6) is 0 Å². The molecule has 10 heteroatoms. The largest absolute Gasteiger partial charge is 0.479 e. The van der Waals surface area contributed by atoms with Gasteiger partial charge in [0.25, 0.3) is 0 Å². The summed E-state index contributed by atoms with van der Waals surface area (Å²) in [5.74, 6) is -1.81. The van der Waals surface area contributed by atoms with E-state index in [1.165, 1.54) is 30.0 Å². The molecule has 2 heterocycles. The number of carbonyl (C=O) groups excluding carboxylic acids is 3. The van der Waals surface area contributed by atoms with E-state index in [9.17, 15) is 29.1 Å². The summed E-state index contributed by atoms with van der Waals surface area (Å²) in [5, 5.41) is 20.2. The van der Waals surface area contributed by atoms with E-state index in [1.54, 1.807) is 12.0 Å². The summed E-state index contributed by atoms with van der Waals surface area (Å²) >= 11 is 1.18. The molecular weight excluding hydrogens is 376 g/mol. The first kappa shape index (κ1) is 18.7. The molecule has 1 aromatic carbocycles. The Morgan fingerprint density at radius 3 is 2.67 bits per heavy atom. The van der Waals surface area contributed by atoms with Crippen molar-refractivity contribution in [1.29, 1.82) is 0 Å². The highest BCUT2D eigenvalue weighted by Crippen LogP contribution is 2.39. The number of carboxylic acid groups (broad SMARTS) is 2. The van der Waals surface area contributed by atoms with E-state index in [0.717, 1.165) is 4.90 Å². The molecule has 27 heavy (non-hydrogen) atoms. The van der Waals surface area contributed by atoms with Gasteiger partial charge in [0.15, 0.2) is 6.04 Å². The Morgan fingerprint density at radius 1 is 1.30 bits per heavy atom. The van der Waals surface area contributed by atoms with Crippen molar-refractivity contribution in [3.63, 3.8) is 0 Å². The average Bonchev–Trinajstić information content (AvgIpc) is 2.64. The molecule has 1 aromatic rings. The molecule has 0 bridgehead atoms. The van der Waals surface area contributed by atoms with Gasteiger partial charge in [0.2, 0.25) is 11.8 Å². The molecular formula is C17H14N2O7S. The van der Waals surface area contributed by atoms with E-state index in [1.807, 2.05) is 0 Å². The highest BCUT2D eigenvalue weighted by molar-refractivity contribution is 8.00. The van der Waals surface area contributed by atoms with Gasteiger partial charge in [-0.3, -0.25) is 9.59 Å². The number of nitrogens with one attached hydrogen (secondary N) is 1. The summed E-state index contributed by atoms with van der Waals surface area (Å²) in [4.78, 5) is 58.9. The zero-order chi connectivity index (χ0) is 19.7. The molecule has 3 N–H and O–H groups in total. The Morgan fingerprint density at radius 2 is 2.04 bits per heavy atom. The summed E-state index contributed by atoms with van der Waals surface area (Å²) in [7, 11) is 0. The number of carbonyl (C=O) groups is 4. The molecule has 0 aromatic heterocycles. The topological polar surface area (TPSA) is 141 Å². The van der Waals surface area contributed by atoms with Gasteiger partial charge >= 0.3 is 11.9 Å². The van der Waals surface area contributed by atoms with Gasteiger partial charge in [-0.1, -0.05) is 12.1 Å². The molecule has 0 aliphatic carbocycles. The molecule has 2 saturated heterocycles. The van der Waals surface area contributed by atoms with E-state index in [0.29, 0.717) is 5.56 Å². The van der Waals surface area contributed by atoms with Gasteiger partial charge in [0, 0.05) is 5.75 Å². The van der Waals surface area contributed by atoms with Crippen LogP contribution in [0.15, 0.2) is 29.8 Å². The maximum atomic E-state index is 12.3. The number of benzene rings is 1. The second kappa shape index (κ2) is 7.26. The van der Waals surface area contributed by atoms with Crippen LogP contribution in [-0.4, -0.2) is 68.0 Å². The summed E-state index contributed by atoms with van der Waals surface area (Å²) < 4.78 is 0. The number of hydrogen-bond donors (Lipinski definition) is 3. The summed E-state index contributed by atoms with van der Waals surface area (Å²) in [6.07, 6.45) is -0.121. The van der Waals surface area contributed by atoms with E-state index in [-0.39, 0.29) is 23.3 Å². The Labute approximate surface area is 157 Å². The van der Waals surface area contributed by atoms with E-state index >= 15 is 0 Å². The molecule has 0 spiro atoms. The molecule has 0 saturated carbocycles. The average molecular weight is 390 g/mol. The highest BCUT2D eigenvalue weighted by atomic mass is 32.2. The number of fused-ring (bicyclic) bond motifs is 1. The second-order valence-electron chi connectivity index (χ2n) is 6.04. The lowest BCUT2D eigenvalue weighted by atomic mass is 9.98. The Bertz CT molecular complexity index is 893. The van der Waals surface area contributed by atoms with Crippen molar-refractivity contribution in [1.82, 2.24) is 10.2 Å². The minimum absolute atomic E-state index is 0.0210. The number of amides is 2. The van der Waals surface area contributed by atoms with Gasteiger partial charge in [0.05, 0.1) is 17.6 Å². The van der Waals surface area contributed by atoms with Crippen LogP contribution in [0.2, 0.25) is 0 Å². The van der Waals surface area contributed by atoms with Crippen molar-refractivity contribution < 1.29 is 34.2 Å². The molecule has 3 atom stereocenters. The van der Waals surface area contributed by atoms with Gasteiger partial charge in [-0.2, -0.15) is 0 Å². The third-order valence-corrected chi connectivity index (χ3v) is 5.64. The fourth-order valence-corrected chi connectivity index (χ4v) is 4.40. The fraction of sp³-hybridized carbons (Fsp3) is 0.294. The Hall–Kier alpha value is -3.10. The molecule has 2 aliphatic rings. The smallest absolute Gasteiger partial charge is 0.335 e. The van der Waals surface area contributed by atoms with E-state index in [2.05, 4.69) is 5.32 Å². The Balaban J connectivity index is 1.67. The molecule has 2 unspecified atom stereocenters. The van der Waals surface area contributed by atoms with Crippen LogP contribution in [0, 0.1) is 0 Å². The third-order valence-electron chi connectivity index (χ3n) is 4.32. The number of rotatable bonds is 5. The van der Waals surface area contributed by atoms with Crippen LogP contribution < -0.4 is 5.32 Å². The maximum Gasteiger partial charge on any atom is 0.335 e. The predicted molar refractivity (Wildman–Crippen MR) is 92.8 cm³/mol. The van der Waals surface area contributed by atoms with Crippen LogP contribution in [0.1, 0.15) is 15.9 Å². The minimum Gasteiger partial charge on any atom is -0.479 e. The molecule has 2 aliphatic heterocycles. The molecule has 140 valence electrons. The molecule has 2 fully saturated rings. The SMILES string of the molecule is O=C=C1CS[C@@H]2C(NC(=O)Cc3cccc(C(=O)O)c3)C(=O)N2C1C(=O)O. The lowest BCUT2D eigenvalue weighted by Crippen LogP contribution is -2.74. The quantitative estimate of drug-likeness (QED) is 0.453. The Kier molecular flexibility index (Phi) is 5.02. The van der Waals surface area contributed by atoms with Crippen molar-refractivity contribution in [2.75, 3.05) is 5.75 Å². The van der Waals surface area contributed by atoms with Gasteiger partial charge in [-0.15, -0.1) is 11.8 Å². The zero-order valence-corrected chi connectivity index (χ0v) is 14.6. The monoisotopic (exact) mass is 390 g/mol. The number of hydrogen-bond acceptors (Lipinski definition) is 6. The number of thioether (sulfide) groups is 1. The van der Waals surface area contributed by atoms with Gasteiger partial charge in [-0.25, -0.2) is 14.4 Å². The van der Waals surface area contributed by atoms with Crippen LogP contribution in [0.3, 0.4) is 0 Å². The van der Waals surface area contributed by atoms with Crippen molar-refractivity contribution in [3.05, 3.63) is 41.0 Å². The van der Waals surface area contributed by atoms with Crippen molar-refractivity contribution >= 4 is 41.5 Å². The van der Waals surface area contributed by atoms with E-state index in [4.69, 9.17) is 5.11 Å². The molecule has 0 radical (unpaired) electrons.